The van der Waals surface area contributed by atoms with Gasteiger partial charge in [0.25, 0.3) is 0 Å². The number of ether oxygens (including phenoxy) is 2. The number of nitrogens with one attached hydrogen (secondary N) is 1. The van der Waals surface area contributed by atoms with E-state index in [0.717, 1.165) is 41.6 Å². The number of rotatable bonds is 7. The highest BCUT2D eigenvalue weighted by atomic mass is 32.2. The number of aromatic nitrogens is 2. The van der Waals surface area contributed by atoms with Gasteiger partial charge in [-0.25, -0.2) is 4.98 Å². The zero-order valence-corrected chi connectivity index (χ0v) is 20.8. The van der Waals surface area contributed by atoms with Crippen molar-refractivity contribution in [2.24, 2.45) is 0 Å². The van der Waals surface area contributed by atoms with E-state index in [1.807, 2.05) is 51.9 Å². The van der Waals surface area contributed by atoms with Gasteiger partial charge in [-0.15, -0.1) is 0 Å². The SMILES string of the molecule is C[C@H]1CCC[C@H](C)N1C(=O)Cn1c(SCC(=O)NCc2ccc3c(c2)OCO3)nc2ccccc21. The van der Waals surface area contributed by atoms with Gasteiger partial charge in [-0.3, -0.25) is 9.59 Å². The molecule has 2 amide bonds. The molecule has 9 heteroatoms. The molecule has 1 aromatic heterocycles. The van der Waals surface area contributed by atoms with Gasteiger partial charge >= 0.3 is 0 Å². The maximum Gasteiger partial charge on any atom is 0.243 e. The summed E-state index contributed by atoms with van der Waals surface area (Å²) in [5, 5.41) is 3.63. The highest BCUT2D eigenvalue weighted by Gasteiger charge is 2.29. The van der Waals surface area contributed by atoms with Crippen LogP contribution in [0.1, 0.15) is 38.7 Å². The third-order valence-corrected chi connectivity index (χ3v) is 7.63. The third-order valence-electron chi connectivity index (χ3n) is 6.65. The molecule has 8 nitrogen and oxygen atoms in total. The Morgan fingerprint density at radius 2 is 1.86 bits per heavy atom. The van der Waals surface area contributed by atoms with Crippen LogP contribution >= 0.6 is 11.8 Å². The summed E-state index contributed by atoms with van der Waals surface area (Å²) in [6, 6.07) is 13.9. The van der Waals surface area contributed by atoms with Gasteiger partial charge in [0.1, 0.15) is 6.54 Å². The first-order valence-corrected chi connectivity index (χ1v) is 13.0. The van der Waals surface area contributed by atoms with E-state index in [4.69, 9.17) is 14.5 Å². The van der Waals surface area contributed by atoms with Crippen LogP contribution in [-0.2, 0) is 22.7 Å². The van der Waals surface area contributed by atoms with Crippen LogP contribution in [0.4, 0.5) is 0 Å². The molecule has 1 fully saturated rings. The number of carbonyl (C=O) groups is 2. The number of fused-ring (bicyclic) bond motifs is 2. The summed E-state index contributed by atoms with van der Waals surface area (Å²) in [7, 11) is 0. The smallest absolute Gasteiger partial charge is 0.243 e. The highest BCUT2D eigenvalue weighted by Crippen LogP contribution is 2.32. The van der Waals surface area contributed by atoms with E-state index in [-0.39, 0.29) is 43.0 Å². The van der Waals surface area contributed by atoms with Crippen molar-refractivity contribution in [2.75, 3.05) is 12.5 Å². The molecule has 0 saturated carbocycles. The number of hydrogen-bond donors (Lipinski definition) is 1. The van der Waals surface area contributed by atoms with Crippen LogP contribution in [0.5, 0.6) is 11.5 Å². The molecule has 1 N–H and O–H groups in total. The van der Waals surface area contributed by atoms with Crippen molar-refractivity contribution in [2.45, 2.75) is 63.4 Å². The quantitative estimate of drug-likeness (QED) is 0.501. The number of piperidine rings is 1. The van der Waals surface area contributed by atoms with E-state index in [1.54, 1.807) is 0 Å². The fourth-order valence-electron chi connectivity index (χ4n) is 4.88. The largest absolute Gasteiger partial charge is 0.454 e. The van der Waals surface area contributed by atoms with Gasteiger partial charge in [0.15, 0.2) is 16.7 Å². The maximum absolute atomic E-state index is 13.3. The lowest BCUT2D eigenvalue weighted by molar-refractivity contribution is -0.138. The number of carbonyl (C=O) groups excluding carboxylic acids is 2. The predicted octanol–water partition coefficient (Wildman–Crippen LogP) is 3.96. The summed E-state index contributed by atoms with van der Waals surface area (Å²) in [4.78, 5) is 32.7. The second kappa shape index (κ2) is 10.2. The Labute approximate surface area is 209 Å². The predicted molar refractivity (Wildman–Crippen MR) is 134 cm³/mol. The number of nitrogens with zero attached hydrogens (tertiary/aromatic N) is 3. The van der Waals surface area contributed by atoms with Gasteiger partial charge in [0, 0.05) is 18.6 Å². The van der Waals surface area contributed by atoms with Crippen LogP contribution in [-0.4, -0.2) is 50.9 Å². The van der Waals surface area contributed by atoms with Crippen molar-refractivity contribution in [3.8, 4) is 11.5 Å². The van der Waals surface area contributed by atoms with Crippen molar-refractivity contribution >= 4 is 34.6 Å². The van der Waals surface area contributed by atoms with Crippen LogP contribution in [0, 0.1) is 0 Å². The Morgan fingerprint density at radius 3 is 2.69 bits per heavy atom. The fraction of sp³-hybridized carbons (Fsp3) is 0.423. The average molecular weight is 495 g/mol. The van der Waals surface area contributed by atoms with E-state index in [9.17, 15) is 9.59 Å². The van der Waals surface area contributed by atoms with Crippen molar-refractivity contribution in [1.82, 2.24) is 19.8 Å². The number of hydrogen-bond acceptors (Lipinski definition) is 6. The first-order chi connectivity index (χ1) is 17.0. The lowest BCUT2D eigenvalue weighted by Crippen LogP contribution is -2.48. The summed E-state index contributed by atoms with van der Waals surface area (Å²) < 4.78 is 12.7. The van der Waals surface area contributed by atoms with Crippen LogP contribution in [0.25, 0.3) is 11.0 Å². The number of para-hydroxylation sites is 2. The minimum Gasteiger partial charge on any atom is -0.454 e. The normalized spacial score (nSPS) is 19.2. The summed E-state index contributed by atoms with van der Waals surface area (Å²) in [5.41, 5.74) is 2.67. The number of benzene rings is 2. The third kappa shape index (κ3) is 5.10. The Bertz CT molecular complexity index is 1230. The van der Waals surface area contributed by atoms with E-state index >= 15 is 0 Å². The number of likely N-dealkylation sites (tertiary alicyclic amines) is 1. The number of amides is 2. The molecule has 5 rings (SSSR count). The van der Waals surface area contributed by atoms with Gasteiger partial charge in [-0.05, 0) is 62.9 Å². The highest BCUT2D eigenvalue weighted by molar-refractivity contribution is 7.99. The molecule has 2 aromatic carbocycles. The molecule has 2 aliphatic heterocycles. The Hall–Kier alpha value is -3.20. The minimum absolute atomic E-state index is 0.0990. The molecule has 1 saturated heterocycles. The monoisotopic (exact) mass is 494 g/mol. The van der Waals surface area contributed by atoms with E-state index in [1.165, 1.54) is 11.8 Å². The molecule has 0 aliphatic carbocycles. The molecule has 0 radical (unpaired) electrons. The van der Waals surface area contributed by atoms with Crippen LogP contribution < -0.4 is 14.8 Å². The summed E-state index contributed by atoms with van der Waals surface area (Å²) >= 11 is 1.35. The Morgan fingerprint density at radius 1 is 1.09 bits per heavy atom. The van der Waals surface area contributed by atoms with Gasteiger partial charge in [-0.2, -0.15) is 0 Å². The summed E-state index contributed by atoms with van der Waals surface area (Å²) in [6.07, 6.45) is 3.22. The van der Waals surface area contributed by atoms with Crippen molar-refractivity contribution < 1.29 is 19.1 Å². The van der Waals surface area contributed by atoms with Gasteiger partial charge in [0.2, 0.25) is 18.6 Å². The Kier molecular flexibility index (Phi) is 6.86. The average Bonchev–Trinajstić information content (AvgIpc) is 3.45. The van der Waals surface area contributed by atoms with E-state index in [2.05, 4.69) is 19.2 Å². The van der Waals surface area contributed by atoms with Crippen molar-refractivity contribution in [3.63, 3.8) is 0 Å². The maximum atomic E-state index is 13.3. The molecule has 2 atom stereocenters. The molecule has 0 bridgehead atoms. The number of thioether (sulfide) groups is 1. The standard InChI is InChI=1S/C26H30N4O4S/c1-17-6-5-7-18(2)30(17)25(32)14-29-21-9-4-3-8-20(21)28-26(29)35-15-24(31)27-13-19-10-11-22-23(12-19)34-16-33-22/h3-4,8-12,17-18H,5-7,13-16H2,1-2H3,(H,27,31)/t17-,18-/m0/s1. The minimum atomic E-state index is -0.101. The second-order valence-electron chi connectivity index (χ2n) is 9.15. The zero-order chi connectivity index (χ0) is 24.4. The van der Waals surface area contributed by atoms with Gasteiger partial charge < -0.3 is 24.3 Å². The van der Waals surface area contributed by atoms with Crippen molar-refractivity contribution in [3.05, 3.63) is 48.0 Å². The molecule has 3 aromatic rings. The molecule has 2 aliphatic rings. The summed E-state index contributed by atoms with van der Waals surface area (Å²) in [5.74, 6) is 1.62. The molecule has 184 valence electrons. The van der Waals surface area contributed by atoms with Gasteiger partial charge in [0.05, 0.1) is 16.8 Å². The lowest BCUT2D eigenvalue weighted by Gasteiger charge is -2.39. The zero-order valence-electron chi connectivity index (χ0n) is 20.0. The first-order valence-electron chi connectivity index (χ1n) is 12.0. The van der Waals surface area contributed by atoms with Crippen LogP contribution in [0.2, 0.25) is 0 Å². The molecule has 3 heterocycles. The first kappa shape index (κ1) is 23.5. The summed E-state index contributed by atoms with van der Waals surface area (Å²) in [6.45, 7) is 5.09. The van der Waals surface area contributed by atoms with E-state index in [0.29, 0.717) is 17.5 Å². The lowest BCUT2D eigenvalue weighted by atomic mass is 9.97. The van der Waals surface area contributed by atoms with Crippen LogP contribution in [0.15, 0.2) is 47.6 Å². The number of imidazole rings is 1. The fourth-order valence-corrected chi connectivity index (χ4v) is 5.72. The molecular formula is C26H30N4O4S. The molecule has 0 spiro atoms. The Balaban J connectivity index is 1.25. The molecule has 0 unspecified atom stereocenters. The van der Waals surface area contributed by atoms with Crippen molar-refractivity contribution in [1.29, 1.82) is 0 Å². The van der Waals surface area contributed by atoms with E-state index < -0.39 is 0 Å². The molecular weight excluding hydrogens is 464 g/mol. The second-order valence-corrected chi connectivity index (χ2v) is 10.1. The van der Waals surface area contributed by atoms with Gasteiger partial charge in [-0.1, -0.05) is 30.0 Å². The topological polar surface area (TPSA) is 85.7 Å². The van der Waals surface area contributed by atoms with Crippen LogP contribution in [0.3, 0.4) is 0 Å². The molecule has 35 heavy (non-hydrogen) atoms.